The Bertz CT molecular complexity index is 629. The van der Waals surface area contributed by atoms with Gasteiger partial charge in [0.15, 0.2) is 11.5 Å². The van der Waals surface area contributed by atoms with Gasteiger partial charge in [0.1, 0.15) is 23.7 Å². The first kappa shape index (κ1) is 13.2. The second-order valence-electron chi connectivity index (χ2n) is 4.87. The molecule has 0 unspecified atom stereocenters. The number of fused-ring (bicyclic) bond motifs is 1. The zero-order chi connectivity index (χ0) is 14.3. The number of nitrogens with zero attached hydrogens (tertiary/aromatic N) is 4. The number of hydrogen-bond acceptors (Lipinski definition) is 7. The summed E-state index contributed by atoms with van der Waals surface area (Å²) in [7, 11) is 1.58. The number of hydrogen-bond donors (Lipinski definition) is 2. The van der Waals surface area contributed by atoms with Crippen molar-refractivity contribution in [3.05, 3.63) is 12.2 Å². The van der Waals surface area contributed by atoms with E-state index in [4.69, 9.17) is 15.2 Å². The summed E-state index contributed by atoms with van der Waals surface area (Å²) >= 11 is 0. The molecule has 2 aromatic heterocycles. The van der Waals surface area contributed by atoms with Gasteiger partial charge in [0, 0.05) is 13.5 Å². The lowest BCUT2D eigenvalue weighted by Gasteiger charge is -2.14. The van der Waals surface area contributed by atoms with E-state index in [9.17, 15) is 5.11 Å². The number of nitrogen functional groups attached to an aromatic ring is 1. The molecule has 0 aromatic carbocycles. The molecule has 0 spiro atoms. The number of methoxy groups -OCH3 is 1. The van der Waals surface area contributed by atoms with E-state index in [-0.39, 0.29) is 12.3 Å². The highest BCUT2D eigenvalue weighted by Gasteiger charge is 2.35. The Kier molecular flexibility index (Phi) is 3.28. The summed E-state index contributed by atoms with van der Waals surface area (Å²) in [6.45, 7) is 2.12. The second-order valence-corrected chi connectivity index (χ2v) is 4.87. The minimum absolute atomic E-state index is 0.330. The minimum atomic E-state index is -0.572. The van der Waals surface area contributed by atoms with Gasteiger partial charge in [-0.2, -0.15) is 0 Å². The number of aliphatic hydroxyl groups excluding tert-OH is 1. The van der Waals surface area contributed by atoms with Crippen molar-refractivity contribution in [3.63, 3.8) is 0 Å². The Morgan fingerprint density at radius 3 is 3.10 bits per heavy atom. The van der Waals surface area contributed by atoms with Gasteiger partial charge in [-0.25, -0.2) is 15.0 Å². The van der Waals surface area contributed by atoms with Crippen molar-refractivity contribution < 1.29 is 14.6 Å². The number of aryl methyl sites for hydroxylation is 1. The van der Waals surface area contributed by atoms with Gasteiger partial charge < -0.3 is 20.3 Å². The number of anilines is 1. The van der Waals surface area contributed by atoms with Crippen LogP contribution in [0.1, 0.15) is 18.5 Å². The highest BCUT2D eigenvalue weighted by molar-refractivity contribution is 5.81. The average molecular weight is 279 g/mol. The predicted octanol–water partition coefficient (Wildman–Crippen LogP) is 0.0117. The van der Waals surface area contributed by atoms with Crippen LogP contribution in [0.25, 0.3) is 11.2 Å². The lowest BCUT2D eigenvalue weighted by atomic mass is 10.2. The molecule has 3 rings (SSSR count). The first-order chi connectivity index (χ1) is 9.60. The van der Waals surface area contributed by atoms with E-state index in [1.165, 1.54) is 0 Å². The SMILES string of the molecule is COC[C@H]1O[C@@H](n2cnc3c(N)nc(C)nc32)C[C@@H]1O. The van der Waals surface area contributed by atoms with Crippen LogP contribution in [0.5, 0.6) is 0 Å². The zero-order valence-electron chi connectivity index (χ0n) is 11.4. The standard InChI is InChI=1S/C12H17N5O3/c1-6-15-11(13)10-12(16-6)17(5-14-10)9-3-7(18)8(20-9)4-19-2/h5,7-9,18H,3-4H2,1-2H3,(H2,13,15,16)/t7-,8+,9+/m0/s1. The van der Waals surface area contributed by atoms with Crippen molar-refractivity contribution >= 4 is 17.0 Å². The van der Waals surface area contributed by atoms with E-state index < -0.39 is 6.10 Å². The van der Waals surface area contributed by atoms with E-state index in [0.717, 1.165) is 0 Å². The van der Waals surface area contributed by atoms with Gasteiger partial charge in [0.2, 0.25) is 0 Å². The summed E-state index contributed by atoms with van der Waals surface area (Å²) in [4.78, 5) is 12.7. The number of imidazole rings is 1. The lowest BCUT2D eigenvalue weighted by molar-refractivity contribution is -0.0523. The third-order valence-electron chi connectivity index (χ3n) is 3.41. The van der Waals surface area contributed by atoms with Gasteiger partial charge in [-0.05, 0) is 6.92 Å². The maximum absolute atomic E-state index is 9.97. The summed E-state index contributed by atoms with van der Waals surface area (Å²) in [5, 5.41) is 9.97. The molecule has 0 bridgehead atoms. The Morgan fingerprint density at radius 1 is 1.55 bits per heavy atom. The summed E-state index contributed by atoms with van der Waals surface area (Å²) in [6, 6.07) is 0. The molecular weight excluding hydrogens is 262 g/mol. The number of rotatable bonds is 3. The summed E-state index contributed by atoms with van der Waals surface area (Å²) in [5.74, 6) is 0.918. The molecular formula is C12H17N5O3. The van der Waals surface area contributed by atoms with Crippen LogP contribution in [0.15, 0.2) is 6.33 Å². The topological polar surface area (TPSA) is 108 Å². The van der Waals surface area contributed by atoms with Crippen LogP contribution < -0.4 is 5.73 Å². The maximum Gasteiger partial charge on any atom is 0.167 e. The number of ether oxygens (including phenoxy) is 2. The fourth-order valence-corrected chi connectivity index (χ4v) is 2.46. The predicted molar refractivity (Wildman–Crippen MR) is 70.9 cm³/mol. The molecule has 1 fully saturated rings. The van der Waals surface area contributed by atoms with Crippen molar-refractivity contribution in [1.29, 1.82) is 0 Å². The van der Waals surface area contributed by atoms with E-state index >= 15 is 0 Å². The normalized spacial score (nSPS) is 26.4. The van der Waals surface area contributed by atoms with E-state index in [1.54, 1.807) is 24.9 Å². The monoisotopic (exact) mass is 279 g/mol. The fourth-order valence-electron chi connectivity index (χ4n) is 2.46. The van der Waals surface area contributed by atoms with Crippen LogP contribution in [0.3, 0.4) is 0 Å². The van der Waals surface area contributed by atoms with Crippen molar-refractivity contribution in [2.24, 2.45) is 0 Å². The third-order valence-corrected chi connectivity index (χ3v) is 3.41. The quantitative estimate of drug-likeness (QED) is 0.814. The molecule has 0 radical (unpaired) electrons. The van der Waals surface area contributed by atoms with Gasteiger partial charge in [-0.3, -0.25) is 4.57 Å². The van der Waals surface area contributed by atoms with Gasteiger partial charge in [-0.15, -0.1) is 0 Å². The first-order valence-corrected chi connectivity index (χ1v) is 6.39. The summed E-state index contributed by atoms with van der Waals surface area (Å²) in [5.41, 5.74) is 7.00. The molecule has 0 amide bonds. The molecule has 8 nitrogen and oxygen atoms in total. The van der Waals surface area contributed by atoms with Gasteiger partial charge >= 0.3 is 0 Å². The van der Waals surface area contributed by atoms with Crippen molar-refractivity contribution in [2.45, 2.75) is 31.8 Å². The molecule has 20 heavy (non-hydrogen) atoms. The minimum Gasteiger partial charge on any atom is -0.390 e. The van der Waals surface area contributed by atoms with Crippen molar-refractivity contribution in [1.82, 2.24) is 19.5 Å². The van der Waals surface area contributed by atoms with Crippen LogP contribution in [-0.2, 0) is 9.47 Å². The van der Waals surface area contributed by atoms with Crippen LogP contribution >= 0.6 is 0 Å². The van der Waals surface area contributed by atoms with Gasteiger partial charge in [0.25, 0.3) is 0 Å². The molecule has 1 aliphatic heterocycles. The van der Waals surface area contributed by atoms with Crippen LogP contribution in [0.4, 0.5) is 5.82 Å². The van der Waals surface area contributed by atoms with E-state index in [1.807, 2.05) is 0 Å². The van der Waals surface area contributed by atoms with Crippen LogP contribution in [0.2, 0.25) is 0 Å². The van der Waals surface area contributed by atoms with E-state index in [0.29, 0.717) is 35.8 Å². The zero-order valence-corrected chi connectivity index (χ0v) is 11.4. The molecule has 3 atom stereocenters. The Hall–Kier alpha value is -1.77. The highest BCUT2D eigenvalue weighted by Crippen LogP contribution is 2.31. The molecule has 0 saturated carbocycles. The fraction of sp³-hybridized carbons (Fsp3) is 0.583. The average Bonchev–Trinajstić information content (AvgIpc) is 2.94. The Morgan fingerprint density at radius 2 is 2.35 bits per heavy atom. The summed E-state index contributed by atoms with van der Waals surface area (Å²) < 4.78 is 12.6. The molecule has 3 heterocycles. The number of aliphatic hydroxyl groups is 1. The molecule has 3 N–H and O–H groups in total. The maximum atomic E-state index is 9.97. The number of nitrogens with two attached hydrogens (primary N) is 1. The second kappa shape index (κ2) is 4.97. The first-order valence-electron chi connectivity index (χ1n) is 6.39. The molecule has 1 saturated heterocycles. The van der Waals surface area contributed by atoms with Crippen molar-refractivity contribution in [3.8, 4) is 0 Å². The molecule has 108 valence electrons. The van der Waals surface area contributed by atoms with E-state index in [2.05, 4.69) is 15.0 Å². The Labute approximate surface area is 115 Å². The Balaban J connectivity index is 1.95. The van der Waals surface area contributed by atoms with Crippen molar-refractivity contribution in [2.75, 3.05) is 19.5 Å². The largest absolute Gasteiger partial charge is 0.390 e. The summed E-state index contributed by atoms with van der Waals surface area (Å²) in [6.07, 6.45) is 0.828. The number of aromatic nitrogens is 4. The molecule has 8 heteroatoms. The third kappa shape index (κ3) is 2.11. The van der Waals surface area contributed by atoms with Gasteiger partial charge in [0.05, 0.1) is 19.0 Å². The molecule has 0 aliphatic carbocycles. The van der Waals surface area contributed by atoms with Gasteiger partial charge in [-0.1, -0.05) is 0 Å². The van der Waals surface area contributed by atoms with Crippen LogP contribution in [-0.4, -0.2) is 50.6 Å². The van der Waals surface area contributed by atoms with Crippen LogP contribution in [0, 0.1) is 6.92 Å². The molecule has 2 aromatic rings. The smallest absolute Gasteiger partial charge is 0.167 e. The lowest BCUT2D eigenvalue weighted by Crippen LogP contribution is -2.25. The highest BCUT2D eigenvalue weighted by atomic mass is 16.6. The molecule has 1 aliphatic rings.